The number of ether oxygens (including phenoxy) is 2. The molecule has 0 amide bonds. The molecule has 0 aliphatic heterocycles. The molecule has 2 rings (SSSR count). The summed E-state index contributed by atoms with van der Waals surface area (Å²) in [7, 11) is 3.25. The number of hydrogen-bond donors (Lipinski definition) is 2. The third kappa shape index (κ3) is 3.25. The minimum absolute atomic E-state index is 0.0384. The van der Waals surface area contributed by atoms with E-state index < -0.39 is 0 Å². The van der Waals surface area contributed by atoms with Crippen LogP contribution in [0.2, 0.25) is 0 Å². The Morgan fingerprint density at radius 3 is 2.57 bits per heavy atom. The van der Waals surface area contributed by atoms with Crippen molar-refractivity contribution < 1.29 is 9.47 Å². The van der Waals surface area contributed by atoms with Crippen LogP contribution >= 0.6 is 0 Å². The number of aromatic nitrogens is 1. The fraction of sp³-hybridized carbons (Fsp3) is 0.312. The van der Waals surface area contributed by atoms with E-state index in [1.54, 1.807) is 20.4 Å². The van der Waals surface area contributed by atoms with Crippen molar-refractivity contribution in [2.45, 2.75) is 13.0 Å². The van der Waals surface area contributed by atoms with Crippen LogP contribution in [0, 0.1) is 0 Å². The monoisotopic (exact) mass is 287 g/mol. The molecule has 1 aromatic heterocycles. The molecular weight excluding hydrogens is 266 g/mol. The number of anilines is 1. The lowest BCUT2D eigenvalue weighted by Gasteiger charge is -2.21. The molecule has 1 atom stereocenters. The van der Waals surface area contributed by atoms with Gasteiger partial charge < -0.3 is 20.5 Å². The fourth-order valence-electron chi connectivity index (χ4n) is 2.32. The van der Waals surface area contributed by atoms with Crippen molar-refractivity contribution in [3.05, 3.63) is 47.7 Å². The maximum Gasteiger partial charge on any atom is 0.161 e. The molecule has 1 aromatic carbocycles. The van der Waals surface area contributed by atoms with Gasteiger partial charge >= 0.3 is 0 Å². The molecule has 1 heterocycles. The third-order valence-electron chi connectivity index (χ3n) is 3.33. The Morgan fingerprint density at radius 2 is 1.95 bits per heavy atom. The van der Waals surface area contributed by atoms with Crippen LogP contribution in [0.25, 0.3) is 0 Å². The Morgan fingerprint density at radius 1 is 1.19 bits per heavy atom. The Balaban J connectivity index is 2.46. The van der Waals surface area contributed by atoms with Gasteiger partial charge in [0.15, 0.2) is 11.5 Å². The SMILES string of the molecule is CCNC(c1ccc(OC)c(OC)c1)c1cccnc1N. The van der Waals surface area contributed by atoms with Gasteiger partial charge in [-0.25, -0.2) is 4.98 Å². The van der Waals surface area contributed by atoms with Gasteiger partial charge in [0.25, 0.3) is 0 Å². The Kier molecular flexibility index (Phi) is 5.00. The van der Waals surface area contributed by atoms with E-state index in [9.17, 15) is 0 Å². The van der Waals surface area contributed by atoms with E-state index in [-0.39, 0.29) is 6.04 Å². The highest BCUT2D eigenvalue weighted by molar-refractivity contribution is 5.50. The van der Waals surface area contributed by atoms with Crippen LogP contribution in [0.3, 0.4) is 0 Å². The summed E-state index contributed by atoms with van der Waals surface area (Å²) in [4.78, 5) is 4.17. The molecule has 5 nitrogen and oxygen atoms in total. The van der Waals surface area contributed by atoms with E-state index in [0.717, 1.165) is 17.7 Å². The predicted molar refractivity (Wildman–Crippen MR) is 83.7 cm³/mol. The summed E-state index contributed by atoms with van der Waals surface area (Å²) in [5, 5.41) is 3.43. The van der Waals surface area contributed by atoms with Gasteiger partial charge in [-0.05, 0) is 30.3 Å². The normalized spacial score (nSPS) is 12.0. The molecule has 0 aliphatic carbocycles. The number of methoxy groups -OCH3 is 2. The highest BCUT2D eigenvalue weighted by Crippen LogP contribution is 2.33. The topological polar surface area (TPSA) is 69.4 Å². The molecule has 1 unspecified atom stereocenters. The molecule has 0 radical (unpaired) electrons. The van der Waals surface area contributed by atoms with Gasteiger partial charge in [0.05, 0.1) is 20.3 Å². The number of pyridine rings is 1. The molecule has 3 N–H and O–H groups in total. The van der Waals surface area contributed by atoms with E-state index in [4.69, 9.17) is 15.2 Å². The van der Waals surface area contributed by atoms with Crippen LogP contribution in [0.15, 0.2) is 36.5 Å². The zero-order valence-electron chi connectivity index (χ0n) is 12.6. The Hall–Kier alpha value is -2.27. The van der Waals surface area contributed by atoms with Gasteiger partial charge in [-0.1, -0.05) is 19.1 Å². The third-order valence-corrected chi connectivity index (χ3v) is 3.33. The number of benzene rings is 1. The highest BCUT2D eigenvalue weighted by Gasteiger charge is 2.18. The minimum Gasteiger partial charge on any atom is -0.493 e. The summed E-state index contributed by atoms with van der Waals surface area (Å²) in [6.07, 6.45) is 1.69. The second-order valence-electron chi connectivity index (χ2n) is 4.58. The predicted octanol–water partition coefficient (Wildman–Crippen LogP) is 2.38. The molecular formula is C16H21N3O2. The summed E-state index contributed by atoms with van der Waals surface area (Å²) < 4.78 is 10.6. The van der Waals surface area contributed by atoms with E-state index in [1.165, 1.54) is 0 Å². The summed E-state index contributed by atoms with van der Waals surface area (Å²) in [5.41, 5.74) is 8.01. The van der Waals surface area contributed by atoms with E-state index >= 15 is 0 Å². The van der Waals surface area contributed by atoms with E-state index in [0.29, 0.717) is 17.3 Å². The molecule has 112 valence electrons. The van der Waals surface area contributed by atoms with Gasteiger partial charge in [-0.2, -0.15) is 0 Å². The van der Waals surface area contributed by atoms with E-state index in [1.807, 2.05) is 30.3 Å². The second-order valence-corrected chi connectivity index (χ2v) is 4.58. The average Bonchev–Trinajstić information content (AvgIpc) is 2.53. The van der Waals surface area contributed by atoms with Crippen molar-refractivity contribution >= 4 is 5.82 Å². The zero-order valence-corrected chi connectivity index (χ0v) is 12.6. The summed E-state index contributed by atoms with van der Waals surface area (Å²) in [6, 6.07) is 9.68. The number of nitrogens with zero attached hydrogens (tertiary/aromatic N) is 1. The average molecular weight is 287 g/mol. The molecule has 21 heavy (non-hydrogen) atoms. The molecule has 2 aromatic rings. The number of rotatable bonds is 6. The largest absolute Gasteiger partial charge is 0.493 e. The number of hydrogen-bond acceptors (Lipinski definition) is 5. The first-order chi connectivity index (χ1) is 10.2. The van der Waals surface area contributed by atoms with Crippen LogP contribution in [0.1, 0.15) is 24.1 Å². The smallest absolute Gasteiger partial charge is 0.161 e. The lowest BCUT2D eigenvalue weighted by atomic mass is 9.98. The second kappa shape index (κ2) is 6.95. The van der Waals surface area contributed by atoms with E-state index in [2.05, 4.69) is 17.2 Å². The van der Waals surface area contributed by atoms with Crippen LogP contribution in [0.4, 0.5) is 5.82 Å². The molecule has 0 spiro atoms. The van der Waals surface area contributed by atoms with Crippen molar-refractivity contribution in [3.63, 3.8) is 0 Å². The molecule has 0 bridgehead atoms. The van der Waals surface area contributed by atoms with Crippen molar-refractivity contribution in [2.75, 3.05) is 26.5 Å². The van der Waals surface area contributed by atoms with Crippen LogP contribution in [0.5, 0.6) is 11.5 Å². The first kappa shape index (κ1) is 15.1. The first-order valence-electron chi connectivity index (χ1n) is 6.87. The summed E-state index contributed by atoms with van der Waals surface area (Å²) in [5.74, 6) is 1.93. The lowest BCUT2D eigenvalue weighted by Crippen LogP contribution is -2.23. The summed E-state index contributed by atoms with van der Waals surface area (Å²) >= 11 is 0. The first-order valence-corrected chi connectivity index (χ1v) is 6.87. The van der Waals surface area contributed by atoms with Crippen LogP contribution < -0.4 is 20.5 Å². The standard InChI is InChI=1S/C16H21N3O2/c1-4-18-15(12-6-5-9-19-16(12)17)11-7-8-13(20-2)14(10-11)21-3/h5-10,15,18H,4H2,1-3H3,(H2,17,19). The van der Waals surface area contributed by atoms with Crippen LogP contribution in [-0.2, 0) is 0 Å². The molecule has 0 aliphatic rings. The van der Waals surface area contributed by atoms with Gasteiger partial charge in [0, 0.05) is 11.8 Å². The Labute approximate surface area is 125 Å². The van der Waals surface area contributed by atoms with Crippen molar-refractivity contribution in [2.24, 2.45) is 0 Å². The maximum atomic E-state index is 6.01. The molecule has 5 heteroatoms. The molecule has 0 fully saturated rings. The number of nitrogens with two attached hydrogens (primary N) is 1. The summed E-state index contributed by atoms with van der Waals surface area (Å²) in [6.45, 7) is 2.87. The molecule has 0 saturated carbocycles. The van der Waals surface area contributed by atoms with Gasteiger partial charge in [-0.15, -0.1) is 0 Å². The molecule has 0 saturated heterocycles. The Bertz CT molecular complexity index is 602. The van der Waals surface area contributed by atoms with Crippen molar-refractivity contribution in [3.8, 4) is 11.5 Å². The van der Waals surface area contributed by atoms with Crippen molar-refractivity contribution in [1.82, 2.24) is 10.3 Å². The lowest BCUT2D eigenvalue weighted by molar-refractivity contribution is 0.354. The zero-order chi connectivity index (χ0) is 15.2. The number of nitrogen functional groups attached to an aromatic ring is 1. The van der Waals surface area contributed by atoms with Gasteiger partial charge in [-0.3, -0.25) is 0 Å². The quantitative estimate of drug-likeness (QED) is 0.853. The van der Waals surface area contributed by atoms with Crippen LogP contribution in [-0.4, -0.2) is 25.7 Å². The number of nitrogens with one attached hydrogen (secondary N) is 1. The maximum absolute atomic E-state index is 6.01. The van der Waals surface area contributed by atoms with Gasteiger partial charge in [0.1, 0.15) is 5.82 Å². The van der Waals surface area contributed by atoms with Crippen molar-refractivity contribution in [1.29, 1.82) is 0 Å². The van der Waals surface area contributed by atoms with Gasteiger partial charge in [0.2, 0.25) is 0 Å². The highest BCUT2D eigenvalue weighted by atomic mass is 16.5. The fourth-order valence-corrected chi connectivity index (χ4v) is 2.32. The minimum atomic E-state index is -0.0384.